The number of benzene rings is 1. The number of carbonyl (C=O) groups excluding carboxylic acids is 1. The largest absolute Gasteiger partial charge is 0.457 e. The third kappa shape index (κ3) is 5.42. The number of pyridine rings is 1. The lowest BCUT2D eigenvalue weighted by Crippen LogP contribution is -2.41. The maximum absolute atomic E-state index is 12.8. The van der Waals surface area contributed by atoms with Crippen molar-refractivity contribution in [1.82, 2.24) is 9.38 Å². The molecular weight excluding hydrogens is 468 g/mol. The van der Waals surface area contributed by atoms with Crippen molar-refractivity contribution >= 4 is 17.3 Å². The second-order valence-electron chi connectivity index (χ2n) is 8.55. The van der Waals surface area contributed by atoms with Gasteiger partial charge in [-0.1, -0.05) is 30.3 Å². The van der Waals surface area contributed by atoms with Gasteiger partial charge < -0.3 is 28.8 Å². The van der Waals surface area contributed by atoms with Gasteiger partial charge in [0, 0.05) is 31.0 Å². The molecule has 2 aromatic heterocycles. The standard InChI is InChI=1S/C25H30N4O7/c1-16-17(2)28-12-11-19-22(25(28)26-16)27-21(18-8-5-4-6-9-18)24(23(19)34-15-14-33-3)36-20(30)10-7-13-35-29(31)32/h4-6,8-9,11-12,21,23-24,27H,7,10,13-15H2,1-3H3/t21-,23-,24-/m1/s1. The second kappa shape index (κ2) is 11.4. The number of ether oxygens (including phenoxy) is 3. The predicted octanol–water partition coefficient (Wildman–Crippen LogP) is 3.72. The van der Waals surface area contributed by atoms with Gasteiger partial charge in [0.25, 0.3) is 5.09 Å². The van der Waals surface area contributed by atoms with Crippen LogP contribution in [0.3, 0.4) is 0 Å². The highest BCUT2D eigenvalue weighted by Gasteiger charge is 2.42. The van der Waals surface area contributed by atoms with Gasteiger partial charge in [-0.2, -0.15) is 0 Å². The summed E-state index contributed by atoms with van der Waals surface area (Å²) in [4.78, 5) is 32.3. The van der Waals surface area contributed by atoms with E-state index in [-0.39, 0.29) is 19.4 Å². The molecule has 11 heteroatoms. The van der Waals surface area contributed by atoms with Crippen molar-refractivity contribution in [2.75, 3.05) is 32.2 Å². The SMILES string of the molecule is COCCO[C@@H]1c2ccn3c(C)c(C)nc3c2N[C@H](c2ccccc2)[C@H]1OC(=O)CCCO[N+](=O)[O-]. The van der Waals surface area contributed by atoms with Crippen LogP contribution in [0.2, 0.25) is 0 Å². The Kier molecular flexibility index (Phi) is 8.01. The highest BCUT2D eigenvalue weighted by molar-refractivity contribution is 5.76. The molecule has 3 atom stereocenters. The molecular formula is C25H30N4O7. The predicted molar refractivity (Wildman–Crippen MR) is 130 cm³/mol. The molecule has 0 spiro atoms. The number of esters is 1. The van der Waals surface area contributed by atoms with Crippen molar-refractivity contribution in [2.45, 2.75) is 44.9 Å². The number of imidazole rings is 1. The number of aryl methyl sites for hydroxylation is 2. The van der Waals surface area contributed by atoms with Crippen LogP contribution in [0.5, 0.6) is 0 Å². The number of fused-ring (bicyclic) bond motifs is 3. The minimum absolute atomic E-state index is 0.0266. The topological polar surface area (TPSA) is 126 Å². The summed E-state index contributed by atoms with van der Waals surface area (Å²) in [5.41, 5.74) is 5.28. The zero-order valence-corrected chi connectivity index (χ0v) is 20.5. The van der Waals surface area contributed by atoms with E-state index in [1.165, 1.54) is 0 Å². The van der Waals surface area contributed by atoms with Gasteiger partial charge in [-0.3, -0.25) is 4.79 Å². The van der Waals surface area contributed by atoms with Crippen LogP contribution in [0.15, 0.2) is 42.6 Å². The number of anilines is 1. The molecule has 0 fully saturated rings. The van der Waals surface area contributed by atoms with E-state index < -0.39 is 29.3 Å². The summed E-state index contributed by atoms with van der Waals surface area (Å²) in [6.45, 7) is 4.47. The summed E-state index contributed by atoms with van der Waals surface area (Å²) in [7, 11) is 1.59. The van der Waals surface area contributed by atoms with Crippen LogP contribution in [-0.2, 0) is 23.8 Å². The molecule has 1 aromatic carbocycles. The van der Waals surface area contributed by atoms with Crippen LogP contribution in [-0.4, -0.2) is 53.5 Å². The highest BCUT2D eigenvalue weighted by Crippen LogP contribution is 2.44. The summed E-state index contributed by atoms with van der Waals surface area (Å²) in [6.07, 6.45) is 0.772. The first kappa shape index (κ1) is 25.4. The van der Waals surface area contributed by atoms with Crippen molar-refractivity contribution < 1.29 is 28.9 Å². The number of nitrogens with one attached hydrogen (secondary N) is 1. The number of rotatable bonds is 11. The van der Waals surface area contributed by atoms with Gasteiger partial charge in [0.2, 0.25) is 0 Å². The molecule has 0 saturated heterocycles. The number of hydrogen-bond acceptors (Lipinski definition) is 9. The molecule has 0 bridgehead atoms. The zero-order valence-electron chi connectivity index (χ0n) is 20.5. The van der Waals surface area contributed by atoms with Crippen LogP contribution in [0.1, 0.15) is 47.5 Å². The first-order chi connectivity index (χ1) is 17.4. The Balaban J connectivity index is 1.71. The number of methoxy groups -OCH3 is 1. The molecule has 3 aromatic rings. The van der Waals surface area contributed by atoms with Gasteiger partial charge >= 0.3 is 5.97 Å². The zero-order chi connectivity index (χ0) is 25.7. The van der Waals surface area contributed by atoms with Crippen LogP contribution < -0.4 is 5.32 Å². The molecule has 1 N–H and O–H groups in total. The molecule has 0 aliphatic carbocycles. The summed E-state index contributed by atoms with van der Waals surface area (Å²) in [5.74, 6) is -0.493. The maximum Gasteiger partial charge on any atom is 0.306 e. The van der Waals surface area contributed by atoms with E-state index in [4.69, 9.17) is 19.2 Å². The average Bonchev–Trinajstić information content (AvgIpc) is 3.16. The molecule has 3 heterocycles. The van der Waals surface area contributed by atoms with E-state index in [0.29, 0.717) is 13.2 Å². The molecule has 4 rings (SSSR count). The van der Waals surface area contributed by atoms with Crippen LogP contribution in [0.25, 0.3) is 5.65 Å². The first-order valence-electron chi connectivity index (χ1n) is 11.8. The van der Waals surface area contributed by atoms with Gasteiger partial charge in [-0.25, -0.2) is 4.98 Å². The van der Waals surface area contributed by atoms with E-state index in [2.05, 4.69) is 10.2 Å². The Bertz CT molecular complexity index is 1210. The number of aromatic nitrogens is 2. The monoisotopic (exact) mass is 498 g/mol. The molecule has 0 radical (unpaired) electrons. The molecule has 36 heavy (non-hydrogen) atoms. The molecule has 192 valence electrons. The third-order valence-corrected chi connectivity index (χ3v) is 6.27. The Morgan fingerprint density at radius 2 is 1.94 bits per heavy atom. The molecule has 0 saturated carbocycles. The van der Waals surface area contributed by atoms with Crippen molar-refractivity contribution in [2.24, 2.45) is 0 Å². The molecule has 0 unspecified atom stereocenters. The van der Waals surface area contributed by atoms with Crippen molar-refractivity contribution in [3.63, 3.8) is 0 Å². The number of hydrogen-bond donors (Lipinski definition) is 1. The Labute approximate surface area is 208 Å². The quantitative estimate of drug-likeness (QED) is 0.182. The highest BCUT2D eigenvalue weighted by atomic mass is 16.9. The molecule has 1 aliphatic heterocycles. The smallest absolute Gasteiger partial charge is 0.306 e. The minimum atomic E-state index is -0.877. The molecule has 1 aliphatic rings. The molecule has 0 amide bonds. The third-order valence-electron chi connectivity index (χ3n) is 6.27. The van der Waals surface area contributed by atoms with Crippen LogP contribution in [0.4, 0.5) is 5.69 Å². The second-order valence-corrected chi connectivity index (χ2v) is 8.55. The Morgan fingerprint density at radius 3 is 2.67 bits per heavy atom. The van der Waals surface area contributed by atoms with Crippen molar-refractivity contribution in [1.29, 1.82) is 0 Å². The molecule has 11 nitrogen and oxygen atoms in total. The van der Waals surface area contributed by atoms with Gasteiger partial charge in [-0.05, 0) is 31.9 Å². The van der Waals surface area contributed by atoms with Gasteiger partial charge in [0.1, 0.15) is 6.10 Å². The van der Waals surface area contributed by atoms with Gasteiger partial charge in [0.15, 0.2) is 11.8 Å². The maximum atomic E-state index is 12.8. The van der Waals surface area contributed by atoms with Crippen molar-refractivity contribution in [3.8, 4) is 0 Å². The van der Waals surface area contributed by atoms with E-state index in [9.17, 15) is 14.9 Å². The summed E-state index contributed by atoms with van der Waals surface area (Å²) >= 11 is 0. The first-order valence-corrected chi connectivity index (χ1v) is 11.8. The summed E-state index contributed by atoms with van der Waals surface area (Å²) in [5, 5.41) is 13.1. The van der Waals surface area contributed by atoms with Gasteiger partial charge in [-0.15, -0.1) is 10.1 Å². The average molecular weight is 499 g/mol. The van der Waals surface area contributed by atoms with E-state index in [0.717, 1.165) is 33.8 Å². The fourth-order valence-corrected chi connectivity index (χ4v) is 4.40. The Morgan fingerprint density at radius 1 is 1.17 bits per heavy atom. The van der Waals surface area contributed by atoms with Crippen LogP contribution in [0, 0.1) is 24.0 Å². The fraction of sp³-hybridized carbons (Fsp3) is 0.440. The fourth-order valence-electron chi connectivity index (χ4n) is 4.40. The lowest BCUT2D eigenvalue weighted by Gasteiger charge is -2.40. The lowest BCUT2D eigenvalue weighted by molar-refractivity contribution is -0.757. The van der Waals surface area contributed by atoms with E-state index in [1.807, 2.05) is 60.8 Å². The van der Waals surface area contributed by atoms with Crippen molar-refractivity contribution in [3.05, 3.63) is 75.2 Å². The van der Waals surface area contributed by atoms with E-state index >= 15 is 0 Å². The van der Waals surface area contributed by atoms with E-state index in [1.54, 1.807) is 7.11 Å². The Hall–Kier alpha value is -3.70. The summed E-state index contributed by atoms with van der Waals surface area (Å²) in [6, 6.07) is 11.2. The van der Waals surface area contributed by atoms with Crippen LogP contribution >= 0.6 is 0 Å². The number of nitrogens with zero attached hydrogens (tertiary/aromatic N) is 3. The minimum Gasteiger partial charge on any atom is -0.457 e. The van der Waals surface area contributed by atoms with Gasteiger partial charge in [0.05, 0.1) is 37.2 Å². The summed E-state index contributed by atoms with van der Waals surface area (Å²) < 4.78 is 19.5. The normalized spacial score (nSPS) is 18.9. The number of carbonyl (C=O) groups is 1. The lowest BCUT2D eigenvalue weighted by atomic mass is 9.88.